The van der Waals surface area contributed by atoms with Crippen molar-refractivity contribution < 1.29 is 23.1 Å². The number of rotatable bonds is 0. The van der Waals surface area contributed by atoms with Crippen molar-refractivity contribution in [3.05, 3.63) is 24.3 Å². The van der Waals surface area contributed by atoms with Crippen LogP contribution < -0.4 is 0 Å². The first-order valence-corrected chi connectivity index (χ1v) is 3.35. The van der Waals surface area contributed by atoms with Crippen LogP contribution in [0.15, 0.2) is 18.5 Å². The number of alkyl halides is 3. The summed E-state index contributed by atoms with van der Waals surface area (Å²) in [6.45, 7) is 0. The van der Waals surface area contributed by atoms with Crippen LogP contribution in [-0.4, -0.2) is 27.2 Å². The predicted octanol–water partition coefficient (Wildman–Crippen LogP) is 0.982. The van der Waals surface area contributed by atoms with Gasteiger partial charge in [-0.25, -0.2) is 14.8 Å². The van der Waals surface area contributed by atoms with Gasteiger partial charge in [0.2, 0.25) is 5.82 Å². The molecule has 0 aliphatic rings. The Morgan fingerprint density at radius 2 is 1.80 bits per heavy atom. The SMILES string of the molecule is N#Cc1ncccn1.O=C(O)C(F)(F)F. The summed E-state index contributed by atoms with van der Waals surface area (Å²) in [5, 5.41) is 15.3. The molecule has 1 rings (SSSR count). The third-order valence-electron chi connectivity index (χ3n) is 0.908. The summed E-state index contributed by atoms with van der Waals surface area (Å²) in [4.78, 5) is 16.1. The predicted molar refractivity (Wildman–Crippen MR) is 40.4 cm³/mol. The number of halogens is 3. The van der Waals surface area contributed by atoms with Crippen molar-refractivity contribution in [1.82, 2.24) is 9.97 Å². The molecule has 0 radical (unpaired) electrons. The van der Waals surface area contributed by atoms with E-state index in [1.807, 2.05) is 0 Å². The molecule has 0 bridgehead atoms. The highest BCUT2D eigenvalue weighted by atomic mass is 19.4. The minimum atomic E-state index is -5.08. The Bertz CT molecular complexity index is 358. The minimum Gasteiger partial charge on any atom is -0.475 e. The van der Waals surface area contributed by atoms with E-state index in [0.717, 1.165) is 0 Å². The highest BCUT2D eigenvalue weighted by Crippen LogP contribution is 2.13. The van der Waals surface area contributed by atoms with Gasteiger partial charge in [-0.05, 0) is 6.07 Å². The lowest BCUT2D eigenvalue weighted by Gasteiger charge is -1.93. The maximum atomic E-state index is 10.6. The summed E-state index contributed by atoms with van der Waals surface area (Å²) in [7, 11) is 0. The maximum Gasteiger partial charge on any atom is 0.490 e. The number of carboxylic acid groups (broad SMARTS) is 1. The van der Waals surface area contributed by atoms with E-state index >= 15 is 0 Å². The molecule has 80 valence electrons. The zero-order chi connectivity index (χ0) is 11.9. The maximum absolute atomic E-state index is 10.6. The second-order valence-corrected chi connectivity index (χ2v) is 1.99. The summed E-state index contributed by atoms with van der Waals surface area (Å²) in [6, 6.07) is 3.47. The molecule has 0 aromatic carbocycles. The minimum absolute atomic E-state index is 0.215. The van der Waals surface area contributed by atoms with Gasteiger partial charge in [-0.3, -0.25) is 0 Å². The molecule has 0 aliphatic heterocycles. The fraction of sp³-hybridized carbons (Fsp3) is 0.143. The van der Waals surface area contributed by atoms with Gasteiger partial charge in [0.05, 0.1) is 0 Å². The summed E-state index contributed by atoms with van der Waals surface area (Å²) in [5.74, 6) is -2.54. The molecule has 0 fully saturated rings. The van der Waals surface area contributed by atoms with Crippen LogP contribution in [0.5, 0.6) is 0 Å². The van der Waals surface area contributed by atoms with Crippen molar-refractivity contribution >= 4 is 5.97 Å². The molecule has 8 heteroatoms. The van der Waals surface area contributed by atoms with Crippen molar-refractivity contribution in [1.29, 1.82) is 5.26 Å². The molecule has 0 atom stereocenters. The third kappa shape index (κ3) is 5.98. The summed E-state index contributed by atoms with van der Waals surface area (Å²) in [6.07, 6.45) is -2.02. The van der Waals surface area contributed by atoms with Crippen LogP contribution >= 0.6 is 0 Å². The van der Waals surface area contributed by atoms with E-state index in [9.17, 15) is 13.2 Å². The number of nitrogens with zero attached hydrogens (tertiary/aromatic N) is 3. The van der Waals surface area contributed by atoms with E-state index < -0.39 is 12.1 Å². The molecule has 0 saturated heterocycles. The Morgan fingerprint density at radius 3 is 2.00 bits per heavy atom. The summed E-state index contributed by atoms with van der Waals surface area (Å²) >= 11 is 0. The van der Waals surface area contributed by atoms with Gasteiger partial charge < -0.3 is 5.11 Å². The van der Waals surface area contributed by atoms with Crippen molar-refractivity contribution in [2.45, 2.75) is 6.18 Å². The molecule has 0 spiro atoms. The number of carbonyl (C=O) groups is 1. The van der Waals surface area contributed by atoms with E-state index in [0.29, 0.717) is 0 Å². The molecular formula is C7H4F3N3O2. The molecule has 1 heterocycles. The van der Waals surface area contributed by atoms with Crippen LogP contribution in [0.2, 0.25) is 0 Å². The Hall–Kier alpha value is -2.17. The molecule has 1 aromatic heterocycles. The number of aliphatic carboxylic acids is 1. The Balaban J connectivity index is 0.000000265. The van der Waals surface area contributed by atoms with Gasteiger partial charge in [0.1, 0.15) is 6.07 Å². The molecule has 1 aromatic rings. The van der Waals surface area contributed by atoms with Crippen LogP contribution in [0.25, 0.3) is 0 Å². The van der Waals surface area contributed by atoms with Gasteiger partial charge in [0.25, 0.3) is 0 Å². The average molecular weight is 219 g/mol. The van der Waals surface area contributed by atoms with Gasteiger partial charge in [-0.2, -0.15) is 18.4 Å². The number of hydrogen-bond donors (Lipinski definition) is 1. The monoisotopic (exact) mass is 219 g/mol. The van der Waals surface area contributed by atoms with Gasteiger partial charge in [0.15, 0.2) is 0 Å². The molecular weight excluding hydrogens is 215 g/mol. The lowest BCUT2D eigenvalue weighted by atomic mass is 10.6. The number of hydrogen-bond acceptors (Lipinski definition) is 4. The molecule has 0 amide bonds. The molecule has 5 nitrogen and oxygen atoms in total. The fourth-order valence-corrected chi connectivity index (χ4v) is 0.357. The van der Waals surface area contributed by atoms with Crippen molar-refractivity contribution in [3.8, 4) is 6.07 Å². The first kappa shape index (κ1) is 12.8. The van der Waals surface area contributed by atoms with Crippen LogP contribution in [-0.2, 0) is 4.79 Å². The quantitative estimate of drug-likeness (QED) is 0.702. The Labute approximate surface area is 81.8 Å². The van der Waals surface area contributed by atoms with Crippen LogP contribution in [0.4, 0.5) is 13.2 Å². The molecule has 0 unspecified atom stereocenters. The molecule has 1 N–H and O–H groups in total. The lowest BCUT2D eigenvalue weighted by Crippen LogP contribution is -2.21. The van der Waals surface area contributed by atoms with E-state index in [-0.39, 0.29) is 5.82 Å². The topological polar surface area (TPSA) is 86.9 Å². The highest BCUT2D eigenvalue weighted by molar-refractivity contribution is 5.73. The lowest BCUT2D eigenvalue weighted by molar-refractivity contribution is -0.192. The molecule has 0 aliphatic carbocycles. The van der Waals surface area contributed by atoms with Crippen molar-refractivity contribution in [3.63, 3.8) is 0 Å². The number of aromatic nitrogens is 2. The fourth-order valence-electron chi connectivity index (χ4n) is 0.357. The van der Waals surface area contributed by atoms with E-state index in [1.165, 1.54) is 12.4 Å². The van der Waals surface area contributed by atoms with E-state index in [2.05, 4.69) is 9.97 Å². The first-order chi connectivity index (χ1) is 6.88. The van der Waals surface area contributed by atoms with Gasteiger partial charge in [-0.15, -0.1) is 0 Å². The standard InChI is InChI=1S/C5H3N3.C2HF3O2/c6-4-5-7-2-1-3-8-5;3-2(4,5)1(6)7/h1-3H;(H,6,7). The van der Waals surface area contributed by atoms with Gasteiger partial charge >= 0.3 is 12.1 Å². The van der Waals surface area contributed by atoms with Crippen LogP contribution in [0.3, 0.4) is 0 Å². The average Bonchev–Trinajstić information content (AvgIpc) is 2.18. The first-order valence-electron chi connectivity index (χ1n) is 3.35. The zero-order valence-electron chi connectivity index (χ0n) is 7.06. The van der Waals surface area contributed by atoms with Gasteiger partial charge in [-0.1, -0.05) is 0 Å². The highest BCUT2D eigenvalue weighted by Gasteiger charge is 2.38. The normalized spacial score (nSPS) is 9.47. The van der Waals surface area contributed by atoms with E-state index in [4.69, 9.17) is 15.2 Å². The number of carboxylic acids is 1. The van der Waals surface area contributed by atoms with Crippen molar-refractivity contribution in [2.24, 2.45) is 0 Å². The number of nitriles is 1. The second kappa shape index (κ2) is 5.54. The van der Waals surface area contributed by atoms with Crippen molar-refractivity contribution in [2.75, 3.05) is 0 Å². The van der Waals surface area contributed by atoms with Gasteiger partial charge in [0, 0.05) is 12.4 Å². The summed E-state index contributed by atoms with van der Waals surface area (Å²) in [5.41, 5.74) is 0. The van der Waals surface area contributed by atoms with E-state index in [1.54, 1.807) is 12.1 Å². The molecule has 15 heavy (non-hydrogen) atoms. The Morgan fingerprint density at radius 1 is 1.40 bits per heavy atom. The second-order valence-electron chi connectivity index (χ2n) is 1.99. The molecule has 0 saturated carbocycles. The third-order valence-corrected chi connectivity index (χ3v) is 0.908. The van der Waals surface area contributed by atoms with Crippen LogP contribution in [0, 0.1) is 11.3 Å². The largest absolute Gasteiger partial charge is 0.490 e. The zero-order valence-corrected chi connectivity index (χ0v) is 7.06. The summed E-state index contributed by atoms with van der Waals surface area (Å²) < 4.78 is 31.7. The Kier molecular flexibility index (Phi) is 4.74. The van der Waals surface area contributed by atoms with Crippen LogP contribution in [0.1, 0.15) is 5.82 Å². The smallest absolute Gasteiger partial charge is 0.475 e.